The van der Waals surface area contributed by atoms with Gasteiger partial charge in [0.25, 0.3) is 0 Å². The zero-order valence-corrected chi connectivity index (χ0v) is 5.19. The maximum absolute atomic E-state index is 9.56. The number of nitrogens with one attached hydrogen (secondary N) is 1. The summed E-state index contributed by atoms with van der Waals surface area (Å²) >= 11 is 0. The van der Waals surface area contributed by atoms with E-state index >= 15 is 0 Å². The van der Waals surface area contributed by atoms with E-state index in [1.807, 2.05) is 19.9 Å². The lowest BCUT2D eigenvalue weighted by Crippen LogP contribution is -2.12. The topological polar surface area (TPSA) is 29.1 Å². The van der Waals surface area contributed by atoms with Gasteiger partial charge in [0.05, 0.1) is 0 Å². The molecule has 0 bridgehead atoms. The molecule has 0 rings (SSSR count). The summed E-state index contributed by atoms with van der Waals surface area (Å²) in [6.07, 6.45) is 3.54. The third kappa shape index (κ3) is 3.40. The zero-order valence-electron chi connectivity index (χ0n) is 5.19. The number of hydrogen-bond donors (Lipinski definition) is 1. The molecule has 0 saturated heterocycles. The van der Waals surface area contributed by atoms with Crippen LogP contribution in [0.15, 0.2) is 11.6 Å². The van der Waals surface area contributed by atoms with Crippen LogP contribution in [0.4, 0.5) is 0 Å². The van der Waals surface area contributed by atoms with Crippen molar-refractivity contribution in [3.63, 3.8) is 0 Å². The van der Waals surface area contributed by atoms with E-state index < -0.39 is 0 Å². The van der Waals surface area contributed by atoms with Gasteiger partial charge in [-0.1, -0.05) is 11.6 Å². The molecule has 45 valence electrons. The van der Waals surface area contributed by atoms with Crippen molar-refractivity contribution in [1.29, 1.82) is 0 Å². The fourth-order valence-corrected chi connectivity index (χ4v) is 0.278. The third-order valence-corrected chi connectivity index (χ3v) is 0.932. The van der Waals surface area contributed by atoms with Gasteiger partial charge in [-0.25, -0.2) is 0 Å². The number of rotatable bonds is 3. The fourth-order valence-electron chi connectivity index (χ4n) is 0.278. The second-order valence-corrected chi connectivity index (χ2v) is 1.59. The quantitative estimate of drug-likeness (QED) is 0.420. The van der Waals surface area contributed by atoms with Crippen LogP contribution >= 0.6 is 0 Å². The van der Waals surface area contributed by atoms with Gasteiger partial charge in [0, 0.05) is 6.54 Å². The van der Waals surface area contributed by atoms with Gasteiger partial charge in [-0.05, 0) is 13.8 Å². The molecule has 0 spiro atoms. The highest BCUT2D eigenvalue weighted by molar-refractivity contribution is 5.47. The largest absolute Gasteiger partial charge is 0.344 e. The Bertz CT molecular complexity index is 96.7. The molecule has 8 heavy (non-hydrogen) atoms. The highest BCUT2D eigenvalue weighted by Crippen LogP contribution is 1.85. The van der Waals surface area contributed by atoms with Crippen molar-refractivity contribution in [3.8, 4) is 0 Å². The summed E-state index contributed by atoms with van der Waals surface area (Å²) in [5.74, 6) is 0. The summed E-state index contributed by atoms with van der Waals surface area (Å²) < 4.78 is 0. The lowest BCUT2D eigenvalue weighted by Gasteiger charge is -1.93. The summed E-state index contributed by atoms with van der Waals surface area (Å²) in [5, 5.41) is 2.43. The van der Waals surface area contributed by atoms with Crippen molar-refractivity contribution in [1.82, 2.24) is 5.32 Å². The van der Waals surface area contributed by atoms with E-state index in [4.69, 9.17) is 0 Å². The first kappa shape index (κ1) is 7.21. The molecule has 0 aromatic rings. The molecule has 1 radical (unpaired) electrons. The molecule has 2 nitrogen and oxygen atoms in total. The minimum atomic E-state index is 0.611. The van der Waals surface area contributed by atoms with Gasteiger partial charge in [-0.15, -0.1) is 0 Å². The molecule has 1 N–H and O–H groups in total. The molecule has 0 aliphatic heterocycles. The molecule has 0 aromatic heterocycles. The lowest BCUT2D eigenvalue weighted by atomic mass is 10.3. The molecule has 0 atom stereocenters. The van der Waals surface area contributed by atoms with Crippen molar-refractivity contribution in [2.75, 3.05) is 6.54 Å². The number of allylic oxidation sites excluding steroid dienone is 1. The molecule has 1 amide bonds. The van der Waals surface area contributed by atoms with Crippen LogP contribution in [0, 0.1) is 0 Å². The van der Waals surface area contributed by atoms with E-state index in [9.17, 15) is 4.79 Å². The van der Waals surface area contributed by atoms with Crippen molar-refractivity contribution in [2.24, 2.45) is 0 Å². The molecule has 0 unspecified atom stereocenters. The van der Waals surface area contributed by atoms with E-state index in [2.05, 4.69) is 5.32 Å². The fraction of sp³-hybridized carbons (Fsp3) is 0.500. The van der Waals surface area contributed by atoms with Gasteiger partial charge in [0.1, 0.15) is 0 Å². The average molecular weight is 112 g/mol. The molecule has 0 heterocycles. The van der Waals surface area contributed by atoms with Crippen LogP contribution in [0.3, 0.4) is 0 Å². The van der Waals surface area contributed by atoms with Gasteiger partial charge >= 0.3 is 6.41 Å². The first-order valence-electron chi connectivity index (χ1n) is 2.53. The highest BCUT2D eigenvalue weighted by Gasteiger charge is 1.82. The molecule has 0 aromatic carbocycles. The number of carbonyl (C=O) groups excluding carboxylic acids is 1. The molecular weight excluding hydrogens is 102 g/mol. The highest BCUT2D eigenvalue weighted by atomic mass is 16.1. The normalized spacial score (nSPS) is 11.0. The molecule has 2 heteroatoms. The summed E-state index contributed by atoms with van der Waals surface area (Å²) in [5.41, 5.74) is 1.15. The standard InChI is InChI=1S/C6H10NO/c1-3-6(2)4-7-5-8/h3H,4H2,1-2H3,(H,7,8). The van der Waals surface area contributed by atoms with E-state index in [0.717, 1.165) is 5.57 Å². The Labute approximate surface area is 49.6 Å². The minimum absolute atomic E-state index is 0.611. The van der Waals surface area contributed by atoms with Crippen molar-refractivity contribution in [2.45, 2.75) is 13.8 Å². The van der Waals surface area contributed by atoms with Gasteiger partial charge in [0.2, 0.25) is 0 Å². The third-order valence-electron chi connectivity index (χ3n) is 0.932. The van der Waals surface area contributed by atoms with Crippen LogP contribution in [0.1, 0.15) is 13.8 Å². The average Bonchev–Trinajstić information content (AvgIpc) is 1.83. The van der Waals surface area contributed by atoms with E-state index in [-0.39, 0.29) is 0 Å². The number of hydrogen-bond acceptors (Lipinski definition) is 1. The molecular formula is C6H10NO. The van der Waals surface area contributed by atoms with E-state index in [0.29, 0.717) is 6.54 Å². The van der Waals surface area contributed by atoms with Gasteiger partial charge in [-0.3, -0.25) is 4.79 Å². The van der Waals surface area contributed by atoms with E-state index in [1.54, 1.807) is 6.41 Å². The Morgan fingerprint density at radius 2 is 2.50 bits per heavy atom. The molecule has 0 aliphatic rings. The monoisotopic (exact) mass is 112 g/mol. The van der Waals surface area contributed by atoms with Crippen LogP contribution < -0.4 is 5.32 Å². The smallest absolute Gasteiger partial charge is 0.309 e. The van der Waals surface area contributed by atoms with E-state index in [1.165, 1.54) is 0 Å². The second kappa shape index (κ2) is 4.37. The first-order chi connectivity index (χ1) is 3.81. The van der Waals surface area contributed by atoms with Crippen LogP contribution in [0.25, 0.3) is 0 Å². The van der Waals surface area contributed by atoms with Crippen molar-refractivity contribution >= 4 is 6.41 Å². The van der Waals surface area contributed by atoms with Crippen LogP contribution in [-0.2, 0) is 4.79 Å². The van der Waals surface area contributed by atoms with Crippen LogP contribution in [0.2, 0.25) is 0 Å². The van der Waals surface area contributed by atoms with Gasteiger partial charge < -0.3 is 5.32 Å². The van der Waals surface area contributed by atoms with Crippen molar-refractivity contribution in [3.05, 3.63) is 11.6 Å². The number of amides is 1. The zero-order chi connectivity index (χ0) is 6.41. The lowest BCUT2D eigenvalue weighted by molar-refractivity contribution is 0.545. The van der Waals surface area contributed by atoms with Crippen molar-refractivity contribution < 1.29 is 4.79 Å². The second-order valence-electron chi connectivity index (χ2n) is 1.59. The SMILES string of the molecule is CC=C(C)CN[C]=O. The summed E-state index contributed by atoms with van der Waals surface area (Å²) in [6, 6.07) is 0. The Kier molecular flexibility index (Phi) is 3.94. The molecule has 0 saturated carbocycles. The summed E-state index contributed by atoms with van der Waals surface area (Å²) in [6.45, 7) is 4.49. The maximum Gasteiger partial charge on any atom is 0.309 e. The predicted molar refractivity (Wildman–Crippen MR) is 33.1 cm³/mol. The van der Waals surface area contributed by atoms with Gasteiger partial charge in [-0.2, -0.15) is 0 Å². The predicted octanol–water partition coefficient (Wildman–Crippen LogP) is 0.609. The van der Waals surface area contributed by atoms with Gasteiger partial charge in [0.15, 0.2) is 0 Å². The Balaban J connectivity index is 3.24. The first-order valence-corrected chi connectivity index (χ1v) is 2.53. The minimum Gasteiger partial charge on any atom is -0.344 e. The molecule has 0 fully saturated rings. The Hall–Kier alpha value is -0.790. The Morgan fingerprint density at radius 1 is 1.88 bits per heavy atom. The molecule has 0 aliphatic carbocycles. The van der Waals surface area contributed by atoms with Crippen LogP contribution in [0.5, 0.6) is 0 Å². The maximum atomic E-state index is 9.56. The van der Waals surface area contributed by atoms with Crippen LogP contribution in [-0.4, -0.2) is 13.0 Å². The summed E-state index contributed by atoms with van der Waals surface area (Å²) in [4.78, 5) is 9.56. The summed E-state index contributed by atoms with van der Waals surface area (Å²) in [7, 11) is 0. The Morgan fingerprint density at radius 3 is 2.88 bits per heavy atom.